The molecular formula is C7H7N5S. The van der Waals surface area contributed by atoms with Gasteiger partial charge in [0, 0.05) is 6.20 Å². The van der Waals surface area contributed by atoms with Gasteiger partial charge in [0.25, 0.3) is 0 Å². The van der Waals surface area contributed by atoms with Crippen LogP contribution < -0.4 is 5.73 Å². The van der Waals surface area contributed by atoms with E-state index in [0.29, 0.717) is 0 Å². The SMILES string of the molecule is Cc1ncc(-c2cnnc(N)n2)s1. The minimum absolute atomic E-state index is 0.184. The third kappa shape index (κ3) is 1.62. The highest BCUT2D eigenvalue weighted by Gasteiger charge is 2.04. The number of nitrogens with two attached hydrogens (primary N) is 1. The molecule has 2 heterocycles. The van der Waals surface area contributed by atoms with E-state index in [9.17, 15) is 0 Å². The maximum atomic E-state index is 5.40. The van der Waals surface area contributed by atoms with Crippen molar-refractivity contribution in [1.82, 2.24) is 20.2 Å². The molecule has 2 N–H and O–H groups in total. The summed E-state index contributed by atoms with van der Waals surface area (Å²) in [6, 6.07) is 0. The minimum Gasteiger partial charge on any atom is -0.366 e. The van der Waals surface area contributed by atoms with Crippen LogP contribution in [0.15, 0.2) is 12.4 Å². The first-order chi connectivity index (χ1) is 6.25. The van der Waals surface area contributed by atoms with E-state index < -0.39 is 0 Å². The van der Waals surface area contributed by atoms with Gasteiger partial charge in [-0.25, -0.2) is 9.97 Å². The number of hydrogen-bond acceptors (Lipinski definition) is 6. The smallest absolute Gasteiger partial charge is 0.240 e. The maximum Gasteiger partial charge on any atom is 0.240 e. The van der Waals surface area contributed by atoms with Crippen LogP contribution in [0.1, 0.15) is 5.01 Å². The van der Waals surface area contributed by atoms with Crippen molar-refractivity contribution in [2.75, 3.05) is 5.73 Å². The predicted molar refractivity (Wildman–Crippen MR) is 50.1 cm³/mol. The molecule has 0 atom stereocenters. The van der Waals surface area contributed by atoms with Crippen molar-refractivity contribution in [3.05, 3.63) is 17.4 Å². The Bertz CT molecular complexity index is 424. The van der Waals surface area contributed by atoms with Crippen molar-refractivity contribution < 1.29 is 0 Å². The third-order valence-electron chi connectivity index (χ3n) is 1.45. The lowest BCUT2D eigenvalue weighted by Crippen LogP contribution is -1.97. The van der Waals surface area contributed by atoms with Gasteiger partial charge in [0.05, 0.1) is 16.1 Å². The predicted octanol–water partition coefficient (Wildman–Crippen LogP) is 0.886. The van der Waals surface area contributed by atoms with Crippen LogP contribution in [0.5, 0.6) is 0 Å². The Morgan fingerprint density at radius 1 is 1.38 bits per heavy atom. The lowest BCUT2D eigenvalue weighted by Gasteiger charge is -1.93. The first-order valence-corrected chi connectivity index (χ1v) is 4.45. The fourth-order valence-corrected chi connectivity index (χ4v) is 1.65. The Kier molecular flexibility index (Phi) is 1.90. The molecule has 2 aromatic rings. The van der Waals surface area contributed by atoms with E-state index >= 15 is 0 Å². The molecule has 0 amide bonds. The summed E-state index contributed by atoms with van der Waals surface area (Å²) in [5.74, 6) is 0.184. The molecule has 0 saturated carbocycles. The molecule has 6 heteroatoms. The molecule has 0 bridgehead atoms. The van der Waals surface area contributed by atoms with Crippen LogP contribution in [-0.4, -0.2) is 20.2 Å². The Hall–Kier alpha value is -1.56. The van der Waals surface area contributed by atoms with Crippen molar-refractivity contribution in [1.29, 1.82) is 0 Å². The van der Waals surface area contributed by atoms with Gasteiger partial charge in [0.2, 0.25) is 5.95 Å². The van der Waals surface area contributed by atoms with Crippen LogP contribution in [0.3, 0.4) is 0 Å². The van der Waals surface area contributed by atoms with E-state index in [1.807, 2.05) is 6.92 Å². The molecule has 0 spiro atoms. The lowest BCUT2D eigenvalue weighted by atomic mass is 10.4. The average molecular weight is 193 g/mol. The Morgan fingerprint density at radius 3 is 2.85 bits per heavy atom. The second-order valence-corrected chi connectivity index (χ2v) is 3.68. The molecule has 0 fully saturated rings. The van der Waals surface area contributed by atoms with Gasteiger partial charge in [-0.05, 0) is 6.92 Å². The highest BCUT2D eigenvalue weighted by atomic mass is 32.1. The molecule has 0 aliphatic rings. The summed E-state index contributed by atoms with van der Waals surface area (Å²) in [7, 11) is 0. The van der Waals surface area contributed by atoms with Crippen molar-refractivity contribution in [2.24, 2.45) is 0 Å². The lowest BCUT2D eigenvalue weighted by molar-refractivity contribution is 0.991. The molecule has 2 aromatic heterocycles. The summed E-state index contributed by atoms with van der Waals surface area (Å²) in [5, 5.41) is 8.28. The number of nitrogens with zero attached hydrogens (tertiary/aromatic N) is 4. The van der Waals surface area contributed by atoms with E-state index in [2.05, 4.69) is 20.2 Å². The number of anilines is 1. The first kappa shape index (κ1) is 8.06. The van der Waals surface area contributed by atoms with E-state index in [1.165, 1.54) is 0 Å². The van der Waals surface area contributed by atoms with Crippen molar-refractivity contribution >= 4 is 17.3 Å². The van der Waals surface area contributed by atoms with E-state index in [-0.39, 0.29) is 5.95 Å². The van der Waals surface area contributed by atoms with Crippen LogP contribution in [0.2, 0.25) is 0 Å². The summed E-state index contributed by atoms with van der Waals surface area (Å²) in [6.45, 7) is 1.94. The monoisotopic (exact) mass is 193 g/mol. The Labute approximate surface area is 78.7 Å². The molecular weight excluding hydrogens is 186 g/mol. The number of aromatic nitrogens is 4. The van der Waals surface area contributed by atoms with Crippen LogP contribution in [0.25, 0.3) is 10.6 Å². The van der Waals surface area contributed by atoms with Gasteiger partial charge < -0.3 is 5.73 Å². The normalized spacial score (nSPS) is 10.2. The fourth-order valence-electron chi connectivity index (χ4n) is 0.916. The number of nitrogen functional groups attached to an aromatic ring is 1. The highest BCUT2D eigenvalue weighted by molar-refractivity contribution is 7.15. The molecule has 0 aromatic carbocycles. The van der Waals surface area contributed by atoms with E-state index in [4.69, 9.17) is 5.73 Å². The Morgan fingerprint density at radius 2 is 2.23 bits per heavy atom. The quantitative estimate of drug-likeness (QED) is 0.727. The van der Waals surface area contributed by atoms with Gasteiger partial charge in [-0.15, -0.1) is 16.4 Å². The summed E-state index contributed by atoms with van der Waals surface area (Å²) in [4.78, 5) is 9.10. The fraction of sp³-hybridized carbons (Fsp3) is 0.143. The summed E-state index contributed by atoms with van der Waals surface area (Å²) >= 11 is 1.55. The largest absolute Gasteiger partial charge is 0.366 e. The highest BCUT2D eigenvalue weighted by Crippen LogP contribution is 2.22. The molecule has 66 valence electrons. The molecule has 0 radical (unpaired) electrons. The van der Waals surface area contributed by atoms with Crippen molar-refractivity contribution in [2.45, 2.75) is 6.92 Å². The molecule has 0 unspecified atom stereocenters. The molecule has 13 heavy (non-hydrogen) atoms. The standard InChI is InChI=1S/C7H7N5S/c1-4-9-3-6(13-4)5-2-10-12-7(8)11-5/h2-3H,1H3,(H2,8,11,12). The van der Waals surface area contributed by atoms with Crippen LogP contribution >= 0.6 is 11.3 Å². The van der Waals surface area contributed by atoms with E-state index in [1.54, 1.807) is 23.7 Å². The number of aryl methyl sites for hydroxylation is 1. The molecule has 5 nitrogen and oxygen atoms in total. The zero-order valence-corrected chi connectivity index (χ0v) is 7.75. The second kappa shape index (κ2) is 3.06. The van der Waals surface area contributed by atoms with Gasteiger partial charge in [-0.1, -0.05) is 0 Å². The Balaban J connectivity index is 2.46. The minimum atomic E-state index is 0.184. The molecule has 0 aliphatic carbocycles. The van der Waals surface area contributed by atoms with Gasteiger partial charge in [0.1, 0.15) is 5.69 Å². The van der Waals surface area contributed by atoms with Crippen molar-refractivity contribution in [3.8, 4) is 10.6 Å². The zero-order chi connectivity index (χ0) is 9.26. The topological polar surface area (TPSA) is 77.6 Å². The summed E-state index contributed by atoms with van der Waals surface area (Å²) in [5.41, 5.74) is 6.12. The van der Waals surface area contributed by atoms with Gasteiger partial charge in [0.15, 0.2) is 0 Å². The molecule has 0 saturated heterocycles. The molecule has 2 rings (SSSR count). The van der Waals surface area contributed by atoms with Crippen molar-refractivity contribution in [3.63, 3.8) is 0 Å². The summed E-state index contributed by atoms with van der Waals surface area (Å²) in [6.07, 6.45) is 3.33. The van der Waals surface area contributed by atoms with Gasteiger partial charge >= 0.3 is 0 Å². The zero-order valence-electron chi connectivity index (χ0n) is 6.93. The molecule has 0 aliphatic heterocycles. The van der Waals surface area contributed by atoms with Gasteiger partial charge in [-0.3, -0.25) is 0 Å². The maximum absolute atomic E-state index is 5.40. The van der Waals surface area contributed by atoms with Crippen LogP contribution in [0, 0.1) is 6.92 Å². The first-order valence-electron chi connectivity index (χ1n) is 3.64. The third-order valence-corrected chi connectivity index (χ3v) is 2.38. The summed E-state index contributed by atoms with van der Waals surface area (Å²) < 4.78 is 0. The van der Waals surface area contributed by atoms with Crippen LogP contribution in [0.4, 0.5) is 5.95 Å². The van der Waals surface area contributed by atoms with Gasteiger partial charge in [-0.2, -0.15) is 5.10 Å². The van der Waals surface area contributed by atoms with Crippen LogP contribution in [-0.2, 0) is 0 Å². The number of rotatable bonds is 1. The van der Waals surface area contributed by atoms with E-state index in [0.717, 1.165) is 15.6 Å². The number of thiazole rings is 1. The average Bonchev–Trinajstić information content (AvgIpc) is 2.52. The second-order valence-electron chi connectivity index (χ2n) is 2.44. The number of hydrogen-bond donors (Lipinski definition) is 1.